The summed E-state index contributed by atoms with van der Waals surface area (Å²) in [4.78, 5) is 0. The van der Waals surface area contributed by atoms with Crippen LogP contribution in [0.2, 0.25) is 0 Å². The lowest BCUT2D eigenvalue weighted by Crippen LogP contribution is -2.55. The average molecular weight is 276 g/mol. The fourth-order valence-electron chi connectivity index (χ4n) is 5.79. The minimum Gasteiger partial charge on any atom is -0.393 e. The average Bonchev–Trinajstić information content (AvgIpc) is 2.33. The molecular weight excluding hydrogens is 244 g/mol. The second-order valence-electron chi connectivity index (χ2n) is 9.38. The fourth-order valence-corrected chi connectivity index (χ4v) is 5.79. The van der Waals surface area contributed by atoms with Gasteiger partial charge in [0.1, 0.15) is 0 Å². The highest BCUT2D eigenvalue weighted by Crippen LogP contribution is 2.63. The maximum Gasteiger partial charge on any atom is 0.0594 e. The molecule has 3 rings (SSSR count). The summed E-state index contributed by atoms with van der Waals surface area (Å²) in [5, 5.41) is 10.4. The van der Waals surface area contributed by atoms with Crippen LogP contribution in [0.25, 0.3) is 0 Å². The van der Waals surface area contributed by atoms with Crippen molar-refractivity contribution in [1.82, 2.24) is 0 Å². The Hall–Kier alpha value is -0.300. The van der Waals surface area contributed by atoms with E-state index in [1.807, 2.05) is 0 Å². The van der Waals surface area contributed by atoms with E-state index in [2.05, 4.69) is 40.7 Å². The highest BCUT2D eigenvalue weighted by Gasteiger charge is 2.56. The molecule has 0 aromatic carbocycles. The summed E-state index contributed by atoms with van der Waals surface area (Å²) in [5.41, 5.74) is 2.73. The van der Waals surface area contributed by atoms with Gasteiger partial charge in [-0.3, -0.25) is 0 Å². The molecule has 1 unspecified atom stereocenters. The lowest BCUT2D eigenvalue weighted by atomic mass is 9.45. The molecule has 3 aliphatic rings. The van der Waals surface area contributed by atoms with Crippen molar-refractivity contribution in [1.29, 1.82) is 0 Å². The monoisotopic (exact) mass is 276 g/mol. The van der Waals surface area contributed by atoms with E-state index in [1.54, 1.807) is 5.57 Å². The Kier molecular flexibility index (Phi) is 3.18. The van der Waals surface area contributed by atoms with Crippen LogP contribution < -0.4 is 0 Å². The summed E-state index contributed by atoms with van der Waals surface area (Å²) in [6, 6.07) is 0. The SMILES string of the molecule is CC1(C)CC[C@H]2C(=CC[C@H]3C(C)(C)C(O)CC[C@]23C)C1. The number of fused-ring (bicyclic) bond motifs is 3. The largest absolute Gasteiger partial charge is 0.393 e. The van der Waals surface area contributed by atoms with Gasteiger partial charge in [-0.25, -0.2) is 0 Å². The minimum atomic E-state index is -0.115. The van der Waals surface area contributed by atoms with Crippen LogP contribution in [0, 0.1) is 28.1 Å². The molecule has 0 aliphatic heterocycles. The van der Waals surface area contributed by atoms with E-state index in [9.17, 15) is 5.11 Å². The van der Waals surface area contributed by atoms with Crippen molar-refractivity contribution in [3.8, 4) is 0 Å². The van der Waals surface area contributed by atoms with Crippen molar-refractivity contribution >= 4 is 0 Å². The Morgan fingerprint density at radius 2 is 1.75 bits per heavy atom. The summed E-state index contributed by atoms with van der Waals surface area (Å²) in [5.74, 6) is 1.43. The third-order valence-corrected chi connectivity index (χ3v) is 7.16. The van der Waals surface area contributed by atoms with Crippen molar-refractivity contribution < 1.29 is 5.11 Å². The topological polar surface area (TPSA) is 20.2 Å². The van der Waals surface area contributed by atoms with Crippen LogP contribution in [0.15, 0.2) is 11.6 Å². The highest BCUT2D eigenvalue weighted by atomic mass is 16.3. The zero-order chi connectivity index (χ0) is 14.8. The Bertz CT molecular complexity index is 431. The molecule has 0 bridgehead atoms. The molecule has 0 aromatic heterocycles. The van der Waals surface area contributed by atoms with E-state index in [0.717, 1.165) is 12.3 Å². The fraction of sp³-hybridized carbons (Fsp3) is 0.895. The van der Waals surface area contributed by atoms with Gasteiger partial charge in [0.2, 0.25) is 0 Å². The van der Waals surface area contributed by atoms with Crippen LogP contribution in [0.3, 0.4) is 0 Å². The number of rotatable bonds is 0. The van der Waals surface area contributed by atoms with Gasteiger partial charge in [0.15, 0.2) is 0 Å². The van der Waals surface area contributed by atoms with E-state index in [0.29, 0.717) is 16.7 Å². The van der Waals surface area contributed by atoms with Gasteiger partial charge in [-0.2, -0.15) is 0 Å². The van der Waals surface area contributed by atoms with E-state index >= 15 is 0 Å². The predicted octanol–water partition coefficient (Wildman–Crippen LogP) is 4.95. The summed E-state index contributed by atoms with van der Waals surface area (Å²) in [6.07, 6.45) is 9.84. The van der Waals surface area contributed by atoms with Crippen molar-refractivity contribution in [3.05, 3.63) is 11.6 Å². The van der Waals surface area contributed by atoms with Gasteiger partial charge in [0.05, 0.1) is 6.10 Å². The molecule has 20 heavy (non-hydrogen) atoms. The first-order chi connectivity index (χ1) is 9.17. The van der Waals surface area contributed by atoms with Crippen LogP contribution in [0.5, 0.6) is 0 Å². The van der Waals surface area contributed by atoms with Gasteiger partial charge in [0, 0.05) is 0 Å². The Morgan fingerprint density at radius 3 is 2.45 bits per heavy atom. The van der Waals surface area contributed by atoms with Crippen LogP contribution in [-0.4, -0.2) is 11.2 Å². The first-order valence-electron chi connectivity index (χ1n) is 8.54. The van der Waals surface area contributed by atoms with E-state index < -0.39 is 0 Å². The number of allylic oxidation sites excluding steroid dienone is 2. The standard InChI is InChI=1S/C19H32O/c1-17(2)10-8-14-13(12-17)6-7-15-18(3,4)16(20)9-11-19(14,15)5/h6,14-16,20H,7-12H2,1-5H3/t14-,15-,16?,19+/m0/s1. The Labute approximate surface area is 124 Å². The summed E-state index contributed by atoms with van der Waals surface area (Å²) < 4.78 is 0. The lowest BCUT2D eigenvalue weighted by molar-refractivity contribution is -0.120. The van der Waals surface area contributed by atoms with Gasteiger partial charge in [-0.05, 0) is 66.6 Å². The van der Waals surface area contributed by atoms with Crippen molar-refractivity contribution in [3.63, 3.8) is 0 Å². The second-order valence-corrected chi connectivity index (χ2v) is 9.38. The van der Waals surface area contributed by atoms with Gasteiger partial charge in [-0.15, -0.1) is 0 Å². The van der Waals surface area contributed by atoms with Gasteiger partial charge in [-0.1, -0.05) is 46.3 Å². The zero-order valence-electron chi connectivity index (χ0n) is 14.0. The van der Waals surface area contributed by atoms with Gasteiger partial charge < -0.3 is 5.11 Å². The van der Waals surface area contributed by atoms with E-state index in [4.69, 9.17) is 0 Å². The van der Waals surface area contributed by atoms with E-state index in [-0.39, 0.29) is 11.5 Å². The molecule has 0 spiro atoms. The summed E-state index contributed by atoms with van der Waals surface area (Å²) >= 11 is 0. The quantitative estimate of drug-likeness (QED) is 0.621. The van der Waals surface area contributed by atoms with Crippen LogP contribution in [-0.2, 0) is 0 Å². The zero-order valence-corrected chi connectivity index (χ0v) is 14.0. The maximum absolute atomic E-state index is 10.4. The predicted molar refractivity (Wildman–Crippen MR) is 84.4 cm³/mol. The highest BCUT2D eigenvalue weighted by molar-refractivity contribution is 5.23. The molecule has 1 heteroatoms. The maximum atomic E-state index is 10.4. The number of hydrogen-bond acceptors (Lipinski definition) is 1. The van der Waals surface area contributed by atoms with Crippen molar-refractivity contribution in [2.24, 2.45) is 28.1 Å². The molecule has 2 fully saturated rings. The van der Waals surface area contributed by atoms with Gasteiger partial charge >= 0.3 is 0 Å². The normalized spacial score (nSPS) is 46.1. The lowest BCUT2D eigenvalue weighted by Gasteiger charge is -2.60. The molecule has 1 N–H and O–H groups in total. The first kappa shape index (κ1) is 14.6. The molecular formula is C19H32O. The molecule has 0 aromatic rings. The molecule has 1 nitrogen and oxygen atoms in total. The van der Waals surface area contributed by atoms with Crippen LogP contribution >= 0.6 is 0 Å². The molecule has 0 saturated heterocycles. The van der Waals surface area contributed by atoms with E-state index in [1.165, 1.54) is 32.1 Å². The Balaban J connectivity index is 1.96. The third-order valence-electron chi connectivity index (χ3n) is 7.16. The Morgan fingerprint density at radius 1 is 1.05 bits per heavy atom. The molecule has 2 saturated carbocycles. The number of aliphatic hydroxyl groups excluding tert-OH is 1. The van der Waals surface area contributed by atoms with Crippen LogP contribution in [0.4, 0.5) is 0 Å². The molecule has 0 radical (unpaired) electrons. The molecule has 0 heterocycles. The minimum absolute atomic E-state index is 0.0714. The van der Waals surface area contributed by atoms with Crippen molar-refractivity contribution in [2.75, 3.05) is 0 Å². The second kappa shape index (κ2) is 4.35. The third kappa shape index (κ3) is 2.00. The van der Waals surface area contributed by atoms with Crippen molar-refractivity contribution in [2.45, 2.75) is 79.2 Å². The molecule has 0 amide bonds. The van der Waals surface area contributed by atoms with Gasteiger partial charge in [0.25, 0.3) is 0 Å². The summed E-state index contributed by atoms with van der Waals surface area (Å²) in [7, 11) is 0. The smallest absolute Gasteiger partial charge is 0.0594 e. The first-order valence-corrected chi connectivity index (χ1v) is 8.54. The molecule has 114 valence electrons. The van der Waals surface area contributed by atoms with Crippen LogP contribution in [0.1, 0.15) is 73.1 Å². The number of hydrogen-bond donors (Lipinski definition) is 1. The molecule has 3 aliphatic carbocycles. The number of aliphatic hydroxyl groups is 1. The molecule has 4 atom stereocenters. The summed E-state index contributed by atoms with van der Waals surface area (Å²) in [6.45, 7) is 12.0.